The lowest BCUT2D eigenvalue weighted by molar-refractivity contribution is 0.102. The number of amides is 1. The summed E-state index contributed by atoms with van der Waals surface area (Å²) in [5.41, 5.74) is 3.81. The summed E-state index contributed by atoms with van der Waals surface area (Å²) in [6, 6.07) is 20.8. The maximum atomic E-state index is 13.0. The summed E-state index contributed by atoms with van der Waals surface area (Å²) < 4.78 is 5.68. The molecule has 0 saturated carbocycles. The van der Waals surface area contributed by atoms with Crippen LogP contribution in [0.5, 0.6) is 5.75 Å². The molecule has 4 rings (SSSR count). The third-order valence-corrected chi connectivity index (χ3v) is 6.15. The number of nitrogens with one attached hydrogen (secondary N) is 2. The Bertz CT molecular complexity index is 1460. The van der Waals surface area contributed by atoms with E-state index in [-0.39, 0.29) is 5.91 Å². The van der Waals surface area contributed by atoms with E-state index in [1.807, 2.05) is 63.2 Å². The molecule has 0 spiro atoms. The van der Waals surface area contributed by atoms with Gasteiger partial charge in [0, 0.05) is 33.7 Å². The van der Waals surface area contributed by atoms with Crippen molar-refractivity contribution in [3.05, 3.63) is 83.7 Å². The molecular weight excluding hydrogens is 518 g/mol. The maximum absolute atomic E-state index is 13.0. The van der Waals surface area contributed by atoms with Crippen LogP contribution in [0.25, 0.3) is 10.9 Å². The van der Waals surface area contributed by atoms with Gasteiger partial charge in [-0.1, -0.05) is 34.1 Å². The van der Waals surface area contributed by atoms with Crippen molar-refractivity contribution < 1.29 is 9.53 Å². The van der Waals surface area contributed by atoms with E-state index in [0.29, 0.717) is 23.7 Å². The highest BCUT2D eigenvalue weighted by Gasteiger charge is 2.21. The third-order valence-electron chi connectivity index (χ3n) is 5.83. The number of anilines is 3. The van der Waals surface area contributed by atoms with Crippen molar-refractivity contribution in [3.8, 4) is 11.8 Å². The Morgan fingerprint density at radius 3 is 2.72 bits per heavy atom. The van der Waals surface area contributed by atoms with Gasteiger partial charge < -0.3 is 15.4 Å². The van der Waals surface area contributed by atoms with Gasteiger partial charge in [0.25, 0.3) is 5.91 Å². The topological polar surface area (TPSA) is 99.9 Å². The SMILES string of the molecule is Cc1ccc(NC(=O)c2cccc(C(C)(C)C#N)c2)cc1Nc1ncnc2cc(OCCBr)ccc12. The van der Waals surface area contributed by atoms with Crippen LogP contribution in [0.3, 0.4) is 0 Å². The van der Waals surface area contributed by atoms with Crippen LogP contribution in [0.2, 0.25) is 0 Å². The van der Waals surface area contributed by atoms with Crippen LogP contribution in [-0.2, 0) is 5.41 Å². The number of carbonyl (C=O) groups excluding carboxylic acids is 1. The first-order valence-corrected chi connectivity index (χ1v) is 12.6. The van der Waals surface area contributed by atoms with Gasteiger partial charge in [-0.2, -0.15) is 5.26 Å². The first kappa shape index (κ1) is 25.1. The summed E-state index contributed by atoms with van der Waals surface area (Å²) in [7, 11) is 0. The second-order valence-electron chi connectivity index (χ2n) is 8.87. The fourth-order valence-corrected chi connectivity index (χ4v) is 3.82. The minimum Gasteiger partial charge on any atom is -0.493 e. The van der Waals surface area contributed by atoms with Crippen molar-refractivity contribution in [1.29, 1.82) is 5.26 Å². The number of benzene rings is 3. The largest absolute Gasteiger partial charge is 0.493 e. The molecule has 0 aliphatic rings. The Labute approximate surface area is 218 Å². The van der Waals surface area contributed by atoms with E-state index >= 15 is 0 Å². The van der Waals surface area contributed by atoms with Gasteiger partial charge in [0.15, 0.2) is 0 Å². The molecular formula is C28H26BrN5O2. The molecule has 2 N–H and O–H groups in total. The van der Waals surface area contributed by atoms with E-state index < -0.39 is 5.41 Å². The lowest BCUT2D eigenvalue weighted by Gasteiger charge is -2.17. The van der Waals surface area contributed by atoms with Gasteiger partial charge in [-0.3, -0.25) is 4.79 Å². The molecule has 0 aliphatic carbocycles. The number of fused-ring (bicyclic) bond motifs is 1. The van der Waals surface area contributed by atoms with E-state index in [4.69, 9.17) is 4.74 Å². The minimum atomic E-state index is -0.682. The standard InChI is InChI=1S/C28H26BrN5O2/c1-18-7-8-21(33-27(35)19-5-4-6-20(13-19)28(2,3)16-30)14-24(18)34-26-23-10-9-22(36-12-11-29)15-25(23)31-17-32-26/h4-10,13-15,17H,11-12H2,1-3H3,(H,33,35)(H,31,32,34). The molecule has 8 heteroatoms. The van der Waals surface area contributed by atoms with E-state index in [1.165, 1.54) is 6.33 Å². The number of hydrogen-bond donors (Lipinski definition) is 2. The number of hydrogen-bond acceptors (Lipinski definition) is 6. The quantitative estimate of drug-likeness (QED) is 0.246. The zero-order valence-electron chi connectivity index (χ0n) is 20.3. The van der Waals surface area contributed by atoms with E-state index in [9.17, 15) is 10.1 Å². The van der Waals surface area contributed by atoms with Gasteiger partial charge in [-0.25, -0.2) is 9.97 Å². The Morgan fingerprint density at radius 1 is 1.11 bits per heavy atom. The molecule has 0 fully saturated rings. The molecule has 0 atom stereocenters. The summed E-state index contributed by atoms with van der Waals surface area (Å²) in [4.78, 5) is 21.8. The van der Waals surface area contributed by atoms with Gasteiger partial charge in [0.2, 0.25) is 0 Å². The molecule has 3 aromatic carbocycles. The molecule has 7 nitrogen and oxygen atoms in total. The van der Waals surface area contributed by atoms with E-state index in [1.54, 1.807) is 18.2 Å². The molecule has 0 aliphatic heterocycles. The second-order valence-corrected chi connectivity index (χ2v) is 9.66. The molecule has 0 bridgehead atoms. The summed E-state index contributed by atoms with van der Waals surface area (Å²) in [5.74, 6) is 1.16. The maximum Gasteiger partial charge on any atom is 0.255 e. The summed E-state index contributed by atoms with van der Waals surface area (Å²) >= 11 is 3.36. The third kappa shape index (κ3) is 5.64. The molecule has 36 heavy (non-hydrogen) atoms. The number of aryl methyl sites for hydroxylation is 1. The molecule has 0 radical (unpaired) electrons. The Hall–Kier alpha value is -3.96. The van der Waals surface area contributed by atoms with Crippen LogP contribution in [0, 0.1) is 18.3 Å². The zero-order valence-corrected chi connectivity index (χ0v) is 21.9. The summed E-state index contributed by atoms with van der Waals surface area (Å²) in [6.07, 6.45) is 1.51. The molecule has 4 aromatic rings. The monoisotopic (exact) mass is 543 g/mol. The summed E-state index contributed by atoms with van der Waals surface area (Å²) in [6.45, 7) is 6.21. The van der Waals surface area contributed by atoms with Crippen molar-refractivity contribution in [2.45, 2.75) is 26.2 Å². The molecule has 1 heterocycles. The lowest BCUT2D eigenvalue weighted by Crippen LogP contribution is -2.17. The predicted molar refractivity (Wildman–Crippen MR) is 146 cm³/mol. The number of rotatable bonds is 8. The lowest BCUT2D eigenvalue weighted by atomic mass is 9.85. The van der Waals surface area contributed by atoms with Crippen LogP contribution in [0.15, 0.2) is 67.0 Å². The van der Waals surface area contributed by atoms with Gasteiger partial charge in [0.05, 0.1) is 23.6 Å². The van der Waals surface area contributed by atoms with Gasteiger partial charge in [-0.05, 0) is 68.3 Å². The number of ether oxygens (including phenoxy) is 1. The fourth-order valence-electron chi connectivity index (χ4n) is 3.66. The first-order valence-electron chi connectivity index (χ1n) is 11.4. The van der Waals surface area contributed by atoms with Crippen LogP contribution >= 0.6 is 15.9 Å². The smallest absolute Gasteiger partial charge is 0.255 e. The highest BCUT2D eigenvalue weighted by Crippen LogP contribution is 2.29. The Morgan fingerprint density at radius 2 is 1.94 bits per heavy atom. The average Bonchev–Trinajstić information content (AvgIpc) is 2.89. The number of nitrogens with zero attached hydrogens (tertiary/aromatic N) is 3. The number of halogens is 1. The number of nitriles is 1. The minimum absolute atomic E-state index is 0.246. The van der Waals surface area contributed by atoms with Crippen LogP contribution < -0.4 is 15.4 Å². The number of carbonyl (C=O) groups is 1. The Kier molecular flexibility index (Phi) is 7.51. The second kappa shape index (κ2) is 10.8. The van der Waals surface area contributed by atoms with Crippen molar-refractivity contribution in [2.24, 2.45) is 0 Å². The van der Waals surface area contributed by atoms with Gasteiger partial charge in [-0.15, -0.1) is 0 Å². The van der Waals surface area contributed by atoms with E-state index in [2.05, 4.69) is 42.6 Å². The molecule has 1 amide bonds. The van der Waals surface area contributed by atoms with Crippen LogP contribution in [0.1, 0.15) is 35.3 Å². The molecule has 1 aromatic heterocycles. The van der Waals surface area contributed by atoms with Crippen molar-refractivity contribution in [2.75, 3.05) is 22.6 Å². The number of aromatic nitrogens is 2. The zero-order chi connectivity index (χ0) is 25.7. The molecule has 0 unspecified atom stereocenters. The highest BCUT2D eigenvalue weighted by molar-refractivity contribution is 9.09. The van der Waals surface area contributed by atoms with Gasteiger partial charge in [0.1, 0.15) is 17.9 Å². The van der Waals surface area contributed by atoms with Crippen LogP contribution in [-0.4, -0.2) is 27.8 Å². The predicted octanol–water partition coefficient (Wildman–Crippen LogP) is 6.51. The van der Waals surface area contributed by atoms with Gasteiger partial charge >= 0.3 is 0 Å². The summed E-state index contributed by atoms with van der Waals surface area (Å²) in [5, 5.41) is 17.4. The molecule has 0 saturated heterocycles. The van der Waals surface area contributed by atoms with Crippen LogP contribution in [0.4, 0.5) is 17.2 Å². The first-order chi connectivity index (χ1) is 17.3. The number of alkyl halides is 1. The van der Waals surface area contributed by atoms with E-state index in [0.717, 1.165) is 38.8 Å². The Balaban J connectivity index is 1.57. The van der Waals surface area contributed by atoms with Crippen molar-refractivity contribution in [3.63, 3.8) is 0 Å². The van der Waals surface area contributed by atoms with Crippen molar-refractivity contribution in [1.82, 2.24) is 9.97 Å². The fraction of sp³-hybridized carbons (Fsp3) is 0.214. The molecule has 182 valence electrons. The van der Waals surface area contributed by atoms with Crippen molar-refractivity contribution >= 4 is 49.9 Å². The normalized spacial score (nSPS) is 11.1. The average molecular weight is 544 g/mol. The highest BCUT2D eigenvalue weighted by atomic mass is 79.9.